The van der Waals surface area contributed by atoms with Crippen molar-refractivity contribution in [1.29, 1.82) is 0 Å². The van der Waals surface area contributed by atoms with E-state index in [1.165, 1.54) is 18.1 Å². The minimum absolute atomic E-state index is 0.107. The lowest BCUT2D eigenvalue weighted by atomic mass is 10.1. The molecule has 2 atom stereocenters. The fourth-order valence-corrected chi connectivity index (χ4v) is 3.98. The highest BCUT2D eigenvalue weighted by Gasteiger charge is 2.21. The zero-order valence-corrected chi connectivity index (χ0v) is 16.7. The molecule has 0 bridgehead atoms. The molecule has 9 heteroatoms. The quantitative estimate of drug-likeness (QED) is 0.508. The van der Waals surface area contributed by atoms with Gasteiger partial charge in [-0.1, -0.05) is 41.0 Å². The molecule has 0 spiro atoms. The average molecular weight is 410 g/mol. The fraction of sp³-hybridized carbons (Fsp3) is 0.294. The second-order valence-corrected chi connectivity index (χ2v) is 8.01. The maximum Gasteiger partial charge on any atom is 0.233 e. The molecule has 0 aliphatic carbocycles. The normalized spacial score (nSPS) is 13.6. The molecule has 3 aromatic rings. The van der Waals surface area contributed by atoms with Crippen molar-refractivity contribution < 1.29 is 4.79 Å². The summed E-state index contributed by atoms with van der Waals surface area (Å²) in [5, 5.41) is 9.46. The minimum Gasteiger partial charge on any atom is -0.349 e. The number of aryl methyl sites for hydroxylation is 1. The van der Waals surface area contributed by atoms with Gasteiger partial charge in [0.2, 0.25) is 5.91 Å². The predicted octanol–water partition coefficient (Wildman–Crippen LogP) is 4.03. The highest BCUT2D eigenvalue weighted by molar-refractivity contribution is 8.00. The number of thioether (sulfide) groups is 1. The Morgan fingerprint density at radius 1 is 1.27 bits per heavy atom. The Bertz CT molecular complexity index is 961. The van der Waals surface area contributed by atoms with Gasteiger partial charge in [-0.15, -0.1) is 0 Å². The summed E-state index contributed by atoms with van der Waals surface area (Å²) < 4.78 is 1.68. The first-order chi connectivity index (χ1) is 12.4. The van der Waals surface area contributed by atoms with Crippen molar-refractivity contribution in [3.63, 3.8) is 0 Å². The summed E-state index contributed by atoms with van der Waals surface area (Å²) in [7, 11) is 1.82. The largest absolute Gasteiger partial charge is 0.349 e. The van der Waals surface area contributed by atoms with E-state index in [1.807, 2.05) is 27.0 Å². The van der Waals surface area contributed by atoms with Gasteiger partial charge in [0.25, 0.3) is 0 Å². The Kier molecular flexibility index (Phi) is 5.70. The molecule has 0 saturated heterocycles. The van der Waals surface area contributed by atoms with Crippen LogP contribution >= 0.6 is 35.0 Å². The second-order valence-electron chi connectivity index (χ2n) is 5.84. The molecule has 1 amide bonds. The molecular formula is C17H17Cl2N5OS. The van der Waals surface area contributed by atoms with E-state index in [0.29, 0.717) is 10.0 Å². The Balaban J connectivity index is 1.71. The van der Waals surface area contributed by atoms with Crippen molar-refractivity contribution in [1.82, 2.24) is 25.1 Å². The molecule has 1 aromatic carbocycles. The highest BCUT2D eigenvalue weighted by Crippen LogP contribution is 2.29. The number of fused-ring (bicyclic) bond motifs is 1. The number of aromatic nitrogens is 4. The Labute approximate surface area is 165 Å². The van der Waals surface area contributed by atoms with Gasteiger partial charge in [0, 0.05) is 17.1 Å². The van der Waals surface area contributed by atoms with E-state index in [1.54, 1.807) is 23.0 Å². The number of hydrogen-bond acceptors (Lipinski definition) is 5. The Hall–Kier alpha value is -1.83. The van der Waals surface area contributed by atoms with Crippen LogP contribution in [0.3, 0.4) is 0 Å². The molecule has 0 aliphatic heterocycles. The second kappa shape index (κ2) is 7.82. The number of benzene rings is 1. The smallest absolute Gasteiger partial charge is 0.233 e. The van der Waals surface area contributed by atoms with E-state index in [-0.39, 0.29) is 17.2 Å². The SMILES string of the molecule is C[C@H](Sc1ncnc2c1cnn2C)C(=O)N[C@@H](C)c1ccc(Cl)cc1Cl. The van der Waals surface area contributed by atoms with Crippen LogP contribution in [0.15, 0.2) is 35.7 Å². The van der Waals surface area contributed by atoms with Gasteiger partial charge >= 0.3 is 0 Å². The van der Waals surface area contributed by atoms with Crippen LogP contribution in [0.1, 0.15) is 25.5 Å². The van der Waals surface area contributed by atoms with Gasteiger partial charge in [0.05, 0.1) is 22.9 Å². The number of halogens is 2. The van der Waals surface area contributed by atoms with Crippen LogP contribution in [0.5, 0.6) is 0 Å². The zero-order valence-electron chi connectivity index (χ0n) is 14.4. The van der Waals surface area contributed by atoms with Crippen molar-refractivity contribution in [2.45, 2.75) is 30.2 Å². The number of nitrogens with zero attached hydrogens (tertiary/aromatic N) is 4. The molecule has 0 saturated carbocycles. The van der Waals surface area contributed by atoms with E-state index in [9.17, 15) is 4.79 Å². The monoisotopic (exact) mass is 409 g/mol. The minimum atomic E-state index is -0.346. The summed E-state index contributed by atoms with van der Waals surface area (Å²) >= 11 is 13.5. The number of carbonyl (C=O) groups excluding carboxylic acids is 1. The lowest BCUT2D eigenvalue weighted by Gasteiger charge is -2.18. The standard InChI is InChI=1S/C17H17Cl2N5OS/c1-9(12-5-4-11(18)6-14(12)19)23-16(25)10(2)26-17-13-7-22-24(3)15(13)20-8-21-17/h4-10H,1-3H3,(H,23,25)/t9-,10-/m0/s1. The van der Waals surface area contributed by atoms with Gasteiger partial charge in [-0.3, -0.25) is 9.48 Å². The molecule has 0 radical (unpaired) electrons. The molecule has 26 heavy (non-hydrogen) atoms. The highest BCUT2D eigenvalue weighted by atomic mass is 35.5. The van der Waals surface area contributed by atoms with Crippen molar-refractivity contribution in [2.75, 3.05) is 0 Å². The molecule has 0 unspecified atom stereocenters. The molecule has 3 rings (SSSR count). The number of rotatable bonds is 5. The fourth-order valence-electron chi connectivity index (χ4n) is 2.52. The van der Waals surface area contributed by atoms with Crippen molar-refractivity contribution in [3.05, 3.63) is 46.3 Å². The Morgan fingerprint density at radius 2 is 2.04 bits per heavy atom. The lowest BCUT2D eigenvalue weighted by Crippen LogP contribution is -2.33. The van der Waals surface area contributed by atoms with Crippen LogP contribution in [-0.4, -0.2) is 30.9 Å². The molecule has 1 N–H and O–H groups in total. The van der Waals surface area contributed by atoms with E-state index >= 15 is 0 Å². The van der Waals surface area contributed by atoms with Crippen LogP contribution in [-0.2, 0) is 11.8 Å². The molecule has 0 aliphatic rings. The maximum atomic E-state index is 12.6. The summed E-state index contributed by atoms with van der Waals surface area (Å²) in [5.74, 6) is -0.107. The van der Waals surface area contributed by atoms with Gasteiger partial charge in [-0.2, -0.15) is 5.10 Å². The van der Waals surface area contributed by atoms with Crippen LogP contribution < -0.4 is 5.32 Å². The third-order valence-corrected chi connectivity index (χ3v) is 5.62. The Morgan fingerprint density at radius 3 is 2.77 bits per heavy atom. The molecule has 0 fully saturated rings. The number of amides is 1. The summed E-state index contributed by atoms with van der Waals surface area (Å²) in [6, 6.07) is 5.00. The number of nitrogens with one attached hydrogen (secondary N) is 1. The molecule has 6 nitrogen and oxygen atoms in total. The number of carbonyl (C=O) groups is 1. The zero-order chi connectivity index (χ0) is 18.8. The van der Waals surface area contributed by atoms with Crippen molar-refractivity contribution >= 4 is 51.9 Å². The summed E-state index contributed by atoms with van der Waals surface area (Å²) in [6.07, 6.45) is 3.19. The predicted molar refractivity (Wildman–Crippen MR) is 105 cm³/mol. The van der Waals surface area contributed by atoms with Crippen molar-refractivity contribution in [3.8, 4) is 0 Å². The first kappa shape index (κ1) is 18.9. The van der Waals surface area contributed by atoms with E-state index in [4.69, 9.17) is 23.2 Å². The first-order valence-electron chi connectivity index (χ1n) is 7.91. The summed E-state index contributed by atoms with van der Waals surface area (Å²) in [5.41, 5.74) is 1.55. The van der Waals surface area contributed by atoms with Crippen LogP contribution in [0.4, 0.5) is 0 Å². The van der Waals surface area contributed by atoms with Gasteiger partial charge in [-0.05, 0) is 31.5 Å². The third-order valence-electron chi connectivity index (χ3n) is 3.94. The topological polar surface area (TPSA) is 72.7 Å². The van der Waals surface area contributed by atoms with E-state index in [0.717, 1.165) is 21.6 Å². The molecular weight excluding hydrogens is 393 g/mol. The van der Waals surface area contributed by atoms with Gasteiger partial charge in [0.1, 0.15) is 11.4 Å². The van der Waals surface area contributed by atoms with Crippen molar-refractivity contribution in [2.24, 2.45) is 7.05 Å². The average Bonchev–Trinajstić information content (AvgIpc) is 2.97. The van der Waals surface area contributed by atoms with Gasteiger partial charge in [0.15, 0.2) is 5.65 Å². The third kappa shape index (κ3) is 3.95. The molecule has 2 aromatic heterocycles. The number of hydrogen-bond donors (Lipinski definition) is 1. The van der Waals surface area contributed by atoms with E-state index in [2.05, 4.69) is 20.4 Å². The van der Waals surface area contributed by atoms with Crippen LogP contribution in [0.25, 0.3) is 11.0 Å². The molecule has 2 heterocycles. The summed E-state index contributed by atoms with van der Waals surface area (Å²) in [4.78, 5) is 21.1. The maximum absolute atomic E-state index is 12.6. The van der Waals surface area contributed by atoms with Gasteiger partial charge < -0.3 is 5.32 Å². The van der Waals surface area contributed by atoms with Crippen LogP contribution in [0.2, 0.25) is 10.0 Å². The summed E-state index contributed by atoms with van der Waals surface area (Å²) in [6.45, 7) is 3.72. The lowest BCUT2D eigenvalue weighted by molar-refractivity contribution is -0.120. The van der Waals surface area contributed by atoms with Crippen LogP contribution in [0, 0.1) is 0 Å². The van der Waals surface area contributed by atoms with Gasteiger partial charge in [-0.25, -0.2) is 9.97 Å². The molecule has 136 valence electrons. The van der Waals surface area contributed by atoms with E-state index < -0.39 is 0 Å². The first-order valence-corrected chi connectivity index (χ1v) is 9.55.